The number of Topliss-reactive ketones (excluding diaryl/α,β-unsaturated/α-hetero) is 1. The molecule has 0 aliphatic carbocycles. The molecule has 0 saturated heterocycles. The molecule has 3 rings (SSSR count). The van der Waals surface area contributed by atoms with Gasteiger partial charge in [-0.15, -0.1) is 0 Å². The first-order chi connectivity index (χ1) is 13.6. The van der Waals surface area contributed by atoms with Crippen LogP contribution in [0.3, 0.4) is 0 Å². The molecule has 29 heavy (non-hydrogen) atoms. The summed E-state index contributed by atoms with van der Waals surface area (Å²) in [5, 5.41) is 2.09. The average Bonchev–Trinajstić information content (AvgIpc) is 2.62. The zero-order chi connectivity index (χ0) is 21.2. The van der Waals surface area contributed by atoms with Gasteiger partial charge in [0, 0.05) is 18.2 Å². The number of carbonyl (C=O) groups excluding carboxylic acids is 1. The van der Waals surface area contributed by atoms with Gasteiger partial charge >= 0.3 is 0 Å². The quantitative estimate of drug-likeness (QED) is 0.694. The Morgan fingerprint density at radius 3 is 2.66 bits per heavy atom. The van der Waals surface area contributed by atoms with Gasteiger partial charge in [0.25, 0.3) is 0 Å². The van der Waals surface area contributed by atoms with E-state index in [4.69, 9.17) is 5.73 Å². The molecule has 1 aliphatic heterocycles. The number of benzene rings is 1. The molecule has 2 aromatic rings. The highest BCUT2D eigenvalue weighted by Crippen LogP contribution is 2.34. The maximum absolute atomic E-state index is 14.5. The number of thioether (sulfide) groups is 1. The smallest absolute Gasteiger partial charge is 0.187 e. The lowest BCUT2D eigenvalue weighted by atomic mass is 9.90. The third kappa shape index (κ3) is 5.27. The van der Waals surface area contributed by atoms with Crippen LogP contribution < -0.4 is 5.73 Å². The largest absolute Gasteiger partial charge is 0.378 e. The summed E-state index contributed by atoms with van der Waals surface area (Å²) in [7, 11) is -3.24. The van der Waals surface area contributed by atoms with Crippen molar-refractivity contribution in [3.05, 3.63) is 70.4 Å². The van der Waals surface area contributed by atoms with Crippen molar-refractivity contribution < 1.29 is 17.6 Å². The van der Waals surface area contributed by atoms with Crippen LogP contribution in [0.4, 0.5) is 4.39 Å². The molecule has 0 amide bonds. The van der Waals surface area contributed by atoms with E-state index >= 15 is 0 Å². The Balaban J connectivity index is 1.81. The highest BCUT2D eigenvalue weighted by atomic mass is 32.2. The maximum Gasteiger partial charge on any atom is 0.187 e. The van der Waals surface area contributed by atoms with Crippen molar-refractivity contribution in [1.29, 1.82) is 0 Å². The molecule has 0 fully saturated rings. The SMILES string of the molecule is C[C@@]1(c2cc(CC(=O)c3cnc(CS(C)(=O)=O)cn3)ccc2F)C=CSC(N)=N1. The van der Waals surface area contributed by atoms with Crippen molar-refractivity contribution >= 4 is 32.6 Å². The molecule has 0 saturated carbocycles. The van der Waals surface area contributed by atoms with Crippen LogP contribution in [0.25, 0.3) is 0 Å². The number of aliphatic imine (C=N–C) groups is 1. The third-order valence-corrected chi connectivity index (χ3v) is 5.69. The minimum absolute atomic E-state index is 0.0128. The van der Waals surface area contributed by atoms with Crippen LogP contribution in [-0.2, 0) is 27.5 Å². The fraction of sp³-hybridized carbons (Fsp3) is 0.263. The second-order valence-electron chi connectivity index (χ2n) is 6.90. The minimum atomic E-state index is -3.24. The number of carbonyl (C=O) groups is 1. The molecule has 10 heteroatoms. The van der Waals surface area contributed by atoms with Crippen LogP contribution in [-0.4, -0.2) is 35.6 Å². The first-order valence-corrected chi connectivity index (χ1v) is 11.5. The van der Waals surface area contributed by atoms with Gasteiger partial charge in [-0.2, -0.15) is 0 Å². The molecule has 0 radical (unpaired) electrons. The summed E-state index contributed by atoms with van der Waals surface area (Å²) < 4.78 is 37.1. The number of halogens is 1. The monoisotopic (exact) mass is 434 g/mol. The van der Waals surface area contributed by atoms with Gasteiger partial charge in [-0.1, -0.05) is 17.8 Å². The van der Waals surface area contributed by atoms with E-state index in [1.165, 1.54) is 36.3 Å². The van der Waals surface area contributed by atoms with Gasteiger partial charge in [0.1, 0.15) is 17.1 Å². The Labute approximate surface area is 172 Å². The predicted molar refractivity (Wildman–Crippen MR) is 111 cm³/mol. The standard InChI is InChI=1S/C19H19FN4O3S2/c1-19(5-6-28-18(21)24-19)14-7-12(3-4-15(14)20)8-17(25)16-10-22-13(9-23-16)11-29(2,26)27/h3-7,9-10H,8,11H2,1-2H3,(H2,21,24)/t19-/m0/s1. The number of hydrogen-bond donors (Lipinski definition) is 1. The molecule has 7 nitrogen and oxygen atoms in total. The highest BCUT2D eigenvalue weighted by molar-refractivity contribution is 8.16. The lowest BCUT2D eigenvalue weighted by Gasteiger charge is -2.26. The number of nitrogens with two attached hydrogens (primary N) is 1. The van der Waals surface area contributed by atoms with Crippen LogP contribution in [0.15, 0.2) is 47.1 Å². The average molecular weight is 435 g/mol. The first kappa shape index (κ1) is 21.1. The molecule has 0 unspecified atom stereocenters. The van der Waals surface area contributed by atoms with Crippen LogP contribution in [0.2, 0.25) is 0 Å². The van der Waals surface area contributed by atoms with Crippen molar-refractivity contribution in [3.63, 3.8) is 0 Å². The number of hydrogen-bond acceptors (Lipinski definition) is 8. The fourth-order valence-electron chi connectivity index (χ4n) is 2.87. The van der Waals surface area contributed by atoms with Gasteiger partial charge in [-0.05, 0) is 36.1 Å². The van der Waals surface area contributed by atoms with Crippen molar-refractivity contribution in [3.8, 4) is 0 Å². The minimum Gasteiger partial charge on any atom is -0.378 e. The Morgan fingerprint density at radius 1 is 1.28 bits per heavy atom. The summed E-state index contributed by atoms with van der Waals surface area (Å²) in [5.41, 5.74) is 6.10. The Morgan fingerprint density at radius 2 is 2.03 bits per heavy atom. The summed E-state index contributed by atoms with van der Waals surface area (Å²) in [6.45, 7) is 1.74. The Hall–Kier alpha value is -2.59. The zero-order valence-corrected chi connectivity index (χ0v) is 17.4. The van der Waals surface area contributed by atoms with Crippen LogP contribution in [0.1, 0.15) is 34.2 Å². The highest BCUT2D eigenvalue weighted by Gasteiger charge is 2.29. The van der Waals surface area contributed by atoms with Gasteiger partial charge in [0.2, 0.25) is 0 Å². The lowest BCUT2D eigenvalue weighted by Crippen LogP contribution is -2.25. The van der Waals surface area contributed by atoms with E-state index in [1.54, 1.807) is 24.5 Å². The van der Waals surface area contributed by atoms with E-state index in [1.807, 2.05) is 0 Å². The van der Waals surface area contributed by atoms with E-state index in [0.29, 0.717) is 16.3 Å². The third-order valence-electron chi connectivity index (χ3n) is 4.27. The van der Waals surface area contributed by atoms with E-state index < -0.39 is 21.2 Å². The van der Waals surface area contributed by atoms with E-state index in [9.17, 15) is 17.6 Å². The van der Waals surface area contributed by atoms with Crippen molar-refractivity contribution in [2.75, 3.05) is 6.26 Å². The molecule has 1 aromatic heterocycles. The van der Waals surface area contributed by atoms with Crippen LogP contribution >= 0.6 is 11.8 Å². The van der Waals surface area contributed by atoms with Crippen molar-refractivity contribution in [2.24, 2.45) is 10.7 Å². The second-order valence-corrected chi connectivity index (χ2v) is 9.96. The summed E-state index contributed by atoms with van der Waals surface area (Å²) in [6, 6.07) is 4.42. The summed E-state index contributed by atoms with van der Waals surface area (Å²) in [4.78, 5) is 24.9. The maximum atomic E-state index is 14.5. The summed E-state index contributed by atoms with van der Waals surface area (Å²) >= 11 is 1.26. The van der Waals surface area contributed by atoms with Gasteiger partial charge in [0.05, 0.1) is 23.8 Å². The van der Waals surface area contributed by atoms with E-state index in [-0.39, 0.29) is 29.3 Å². The number of rotatable bonds is 6. The van der Waals surface area contributed by atoms with Crippen LogP contribution in [0, 0.1) is 5.82 Å². The number of nitrogens with zero attached hydrogens (tertiary/aromatic N) is 3. The molecule has 2 N–H and O–H groups in total. The van der Waals surface area contributed by atoms with Crippen molar-refractivity contribution in [2.45, 2.75) is 24.6 Å². The lowest BCUT2D eigenvalue weighted by molar-refractivity contribution is 0.0987. The van der Waals surface area contributed by atoms with E-state index in [0.717, 1.165) is 6.26 Å². The Bertz CT molecular complexity index is 1110. The molecule has 0 spiro atoms. The first-order valence-electron chi connectivity index (χ1n) is 8.56. The Kier molecular flexibility index (Phi) is 5.85. The zero-order valence-electron chi connectivity index (χ0n) is 15.8. The van der Waals surface area contributed by atoms with Crippen LogP contribution in [0.5, 0.6) is 0 Å². The molecule has 1 aromatic carbocycles. The molecule has 0 bridgehead atoms. The van der Waals surface area contributed by atoms with Gasteiger partial charge in [-0.25, -0.2) is 22.8 Å². The molecule has 1 atom stereocenters. The van der Waals surface area contributed by atoms with Crippen molar-refractivity contribution in [1.82, 2.24) is 9.97 Å². The van der Waals surface area contributed by atoms with Gasteiger partial charge in [0.15, 0.2) is 20.8 Å². The molecular formula is C19H19FN4O3S2. The second kappa shape index (κ2) is 8.03. The molecule has 2 heterocycles. The molecule has 1 aliphatic rings. The normalized spacial score (nSPS) is 19.1. The predicted octanol–water partition coefficient (Wildman–Crippen LogP) is 2.38. The van der Waals surface area contributed by atoms with Gasteiger partial charge in [-0.3, -0.25) is 9.78 Å². The molecule has 152 valence electrons. The summed E-state index contributed by atoms with van der Waals surface area (Å²) in [6.07, 6.45) is 5.36. The molecular weight excluding hydrogens is 415 g/mol. The number of ketones is 1. The van der Waals surface area contributed by atoms with E-state index in [2.05, 4.69) is 15.0 Å². The number of sulfone groups is 1. The fourth-order valence-corrected chi connectivity index (χ4v) is 4.27. The number of amidine groups is 1. The summed E-state index contributed by atoms with van der Waals surface area (Å²) in [5.74, 6) is -1.00. The number of aromatic nitrogens is 2. The topological polar surface area (TPSA) is 115 Å². The van der Waals surface area contributed by atoms with Gasteiger partial charge < -0.3 is 5.73 Å².